The summed E-state index contributed by atoms with van der Waals surface area (Å²) in [5, 5.41) is 3.07. The highest BCUT2D eigenvalue weighted by Crippen LogP contribution is 2.50. The Morgan fingerprint density at radius 1 is 1.12 bits per heavy atom. The van der Waals surface area contributed by atoms with Crippen LogP contribution < -0.4 is 10.2 Å². The normalized spacial score (nSPS) is 23.6. The first-order valence-corrected chi connectivity index (χ1v) is 9.36. The van der Waals surface area contributed by atoms with Gasteiger partial charge in [0.05, 0.1) is 11.7 Å². The summed E-state index contributed by atoms with van der Waals surface area (Å²) in [7, 11) is 0. The number of halogens is 1. The molecule has 1 aliphatic carbocycles. The van der Waals surface area contributed by atoms with E-state index < -0.39 is 0 Å². The van der Waals surface area contributed by atoms with Crippen LogP contribution >= 0.6 is 11.6 Å². The lowest BCUT2D eigenvalue weighted by molar-refractivity contribution is -0.125. The lowest BCUT2D eigenvalue weighted by atomic mass is 9.98. The molecule has 1 fully saturated rings. The number of hydrogen-bond donors (Lipinski definition) is 1. The lowest BCUT2D eigenvalue weighted by Crippen LogP contribution is -2.58. The second-order valence-electron chi connectivity index (χ2n) is 7.31. The zero-order valence-electron chi connectivity index (χ0n) is 14.3. The topological polar surface area (TPSA) is 24.5 Å². The maximum Gasteiger partial charge on any atom is 0.180 e. The van der Waals surface area contributed by atoms with E-state index in [2.05, 4.69) is 47.7 Å². The van der Waals surface area contributed by atoms with Gasteiger partial charge in [-0.25, -0.2) is 0 Å². The van der Waals surface area contributed by atoms with Crippen molar-refractivity contribution in [2.45, 2.75) is 44.4 Å². The maximum atomic E-state index is 6.52. The summed E-state index contributed by atoms with van der Waals surface area (Å²) in [5.74, 6) is 0.968. The van der Waals surface area contributed by atoms with Gasteiger partial charge in [-0.1, -0.05) is 41.4 Å². The molecule has 25 heavy (non-hydrogen) atoms. The number of nitrogens with one attached hydrogen (secondary N) is 1. The van der Waals surface area contributed by atoms with Crippen molar-refractivity contribution in [3.05, 3.63) is 70.3 Å². The minimum Gasteiger partial charge on any atom is -0.471 e. The molecule has 4 heteroatoms. The molecule has 0 bridgehead atoms. The van der Waals surface area contributed by atoms with Crippen molar-refractivity contribution in [3.63, 3.8) is 0 Å². The SMILES string of the molecule is Cc1ccc(C2=C[C@@H]3c4cc(Cl)ccc4OC4(CCCC4)N3N2)cc1. The third-order valence-corrected chi connectivity index (χ3v) is 5.86. The first kappa shape index (κ1) is 15.3. The van der Waals surface area contributed by atoms with Gasteiger partial charge in [0.25, 0.3) is 0 Å². The van der Waals surface area contributed by atoms with E-state index in [4.69, 9.17) is 16.3 Å². The Morgan fingerprint density at radius 2 is 1.88 bits per heavy atom. The van der Waals surface area contributed by atoms with Crippen molar-refractivity contribution in [1.29, 1.82) is 0 Å². The van der Waals surface area contributed by atoms with Gasteiger partial charge >= 0.3 is 0 Å². The van der Waals surface area contributed by atoms with Crippen molar-refractivity contribution in [2.24, 2.45) is 0 Å². The molecule has 1 atom stereocenters. The zero-order chi connectivity index (χ0) is 17.0. The highest BCUT2D eigenvalue weighted by Gasteiger charge is 2.51. The number of hydrazine groups is 1. The molecule has 2 aromatic carbocycles. The molecule has 0 amide bonds. The third-order valence-electron chi connectivity index (χ3n) is 5.62. The highest BCUT2D eigenvalue weighted by atomic mass is 35.5. The second-order valence-corrected chi connectivity index (χ2v) is 7.75. The first-order chi connectivity index (χ1) is 12.1. The van der Waals surface area contributed by atoms with Crippen LogP contribution in [0.25, 0.3) is 5.70 Å². The van der Waals surface area contributed by atoms with E-state index in [1.165, 1.54) is 24.0 Å². The molecule has 2 heterocycles. The molecule has 0 aromatic heterocycles. The van der Waals surface area contributed by atoms with Gasteiger partial charge in [-0.05, 0) is 49.6 Å². The minimum absolute atomic E-state index is 0.150. The smallest absolute Gasteiger partial charge is 0.180 e. The highest BCUT2D eigenvalue weighted by molar-refractivity contribution is 6.30. The van der Waals surface area contributed by atoms with Crippen molar-refractivity contribution < 1.29 is 4.74 Å². The zero-order valence-corrected chi connectivity index (χ0v) is 15.0. The van der Waals surface area contributed by atoms with Gasteiger partial charge in [-0.3, -0.25) is 0 Å². The second kappa shape index (κ2) is 5.52. The first-order valence-electron chi connectivity index (χ1n) is 8.98. The lowest BCUT2D eigenvalue weighted by Gasteiger charge is -2.46. The molecule has 0 saturated heterocycles. The van der Waals surface area contributed by atoms with Crippen LogP contribution in [0.1, 0.15) is 48.4 Å². The Labute approximate surface area is 153 Å². The van der Waals surface area contributed by atoms with E-state index in [0.717, 1.165) is 34.9 Å². The van der Waals surface area contributed by atoms with Gasteiger partial charge in [0.1, 0.15) is 5.75 Å². The van der Waals surface area contributed by atoms with E-state index in [0.29, 0.717) is 0 Å². The summed E-state index contributed by atoms with van der Waals surface area (Å²) in [6, 6.07) is 14.8. The number of rotatable bonds is 1. The van der Waals surface area contributed by atoms with Gasteiger partial charge in [0, 0.05) is 23.4 Å². The fraction of sp³-hybridized carbons (Fsp3) is 0.333. The van der Waals surface area contributed by atoms with Crippen molar-refractivity contribution in [2.75, 3.05) is 0 Å². The Morgan fingerprint density at radius 3 is 2.64 bits per heavy atom. The van der Waals surface area contributed by atoms with Gasteiger partial charge in [0.15, 0.2) is 5.72 Å². The van der Waals surface area contributed by atoms with Crippen LogP contribution in [0.15, 0.2) is 48.5 Å². The number of hydrogen-bond acceptors (Lipinski definition) is 3. The fourth-order valence-electron chi connectivity index (χ4n) is 4.31. The average molecular weight is 353 g/mol. The molecule has 0 radical (unpaired) electrons. The number of nitrogens with zero attached hydrogens (tertiary/aromatic N) is 1. The van der Waals surface area contributed by atoms with Crippen LogP contribution in [0.4, 0.5) is 0 Å². The molecule has 3 aliphatic rings. The molecule has 0 unspecified atom stereocenters. The van der Waals surface area contributed by atoms with Gasteiger partial charge < -0.3 is 10.2 Å². The van der Waals surface area contributed by atoms with Gasteiger partial charge in [0.2, 0.25) is 0 Å². The van der Waals surface area contributed by atoms with Crippen LogP contribution in [-0.4, -0.2) is 10.7 Å². The fourth-order valence-corrected chi connectivity index (χ4v) is 4.50. The van der Waals surface area contributed by atoms with E-state index in [-0.39, 0.29) is 11.8 Å². The summed E-state index contributed by atoms with van der Waals surface area (Å²) in [6.45, 7) is 2.11. The molecule has 2 aromatic rings. The molecule has 1 saturated carbocycles. The number of aryl methyl sites for hydroxylation is 1. The molecule has 5 rings (SSSR count). The predicted octanol–water partition coefficient (Wildman–Crippen LogP) is 5.21. The van der Waals surface area contributed by atoms with E-state index in [1.807, 2.05) is 18.2 Å². The summed E-state index contributed by atoms with van der Waals surface area (Å²) in [6.07, 6.45) is 6.81. The minimum atomic E-state index is -0.256. The molecule has 1 N–H and O–H groups in total. The molecule has 128 valence electrons. The Hall–Kier alpha value is -1.97. The predicted molar refractivity (Wildman–Crippen MR) is 100 cm³/mol. The molecular weight excluding hydrogens is 332 g/mol. The summed E-state index contributed by atoms with van der Waals surface area (Å²) >= 11 is 6.27. The van der Waals surface area contributed by atoms with Crippen molar-refractivity contribution >= 4 is 17.3 Å². The summed E-state index contributed by atoms with van der Waals surface area (Å²) in [5.41, 5.74) is 8.15. The van der Waals surface area contributed by atoms with Crippen LogP contribution in [0, 0.1) is 6.92 Å². The summed E-state index contributed by atoms with van der Waals surface area (Å²) < 4.78 is 6.52. The standard InChI is InChI=1S/C21H21ClN2O/c1-14-4-6-15(7-5-14)18-13-19-17-12-16(22)8-9-20(17)25-21(24(19)23-18)10-2-3-11-21/h4-9,12-13,19,23H,2-3,10-11H2,1H3/t19-/m1/s1. The third kappa shape index (κ3) is 2.37. The van der Waals surface area contributed by atoms with E-state index >= 15 is 0 Å². The Bertz CT molecular complexity index is 853. The number of ether oxygens (including phenoxy) is 1. The van der Waals surface area contributed by atoms with Crippen LogP contribution in [-0.2, 0) is 0 Å². The largest absolute Gasteiger partial charge is 0.471 e. The maximum absolute atomic E-state index is 6.52. The Kier molecular flexibility index (Phi) is 3.37. The molecular formula is C21H21ClN2O. The average Bonchev–Trinajstić information content (AvgIpc) is 3.25. The number of benzene rings is 2. The molecule has 1 spiro atoms. The van der Waals surface area contributed by atoms with E-state index in [9.17, 15) is 0 Å². The van der Waals surface area contributed by atoms with Crippen LogP contribution in [0.2, 0.25) is 5.02 Å². The Balaban J connectivity index is 1.61. The summed E-state index contributed by atoms with van der Waals surface area (Å²) in [4.78, 5) is 0. The monoisotopic (exact) mass is 352 g/mol. The van der Waals surface area contributed by atoms with E-state index in [1.54, 1.807) is 0 Å². The van der Waals surface area contributed by atoms with Crippen molar-refractivity contribution in [3.8, 4) is 5.75 Å². The molecule has 2 aliphatic heterocycles. The number of fused-ring (bicyclic) bond motifs is 4. The quantitative estimate of drug-likeness (QED) is 0.762. The van der Waals surface area contributed by atoms with Crippen molar-refractivity contribution in [1.82, 2.24) is 10.4 Å². The van der Waals surface area contributed by atoms with Crippen LogP contribution in [0.3, 0.4) is 0 Å². The van der Waals surface area contributed by atoms with Crippen LogP contribution in [0.5, 0.6) is 5.75 Å². The van der Waals surface area contributed by atoms with Gasteiger partial charge in [-0.15, -0.1) is 0 Å². The van der Waals surface area contributed by atoms with Gasteiger partial charge in [-0.2, -0.15) is 5.01 Å². The molecule has 3 nitrogen and oxygen atoms in total.